The third-order valence-corrected chi connectivity index (χ3v) is 7.76. The summed E-state index contributed by atoms with van der Waals surface area (Å²) in [6.45, 7) is 5.41. The van der Waals surface area contributed by atoms with Crippen LogP contribution in [0.1, 0.15) is 16.7 Å². The molecule has 2 aromatic carbocycles. The van der Waals surface area contributed by atoms with E-state index in [1.165, 1.54) is 6.26 Å². The van der Waals surface area contributed by atoms with Gasteiger partial charge in [0.1, 0.15) is 0 Å². The highest BCUT2D eigenvalue weighted by Crippen LogP contribution is 2.26. The molecule has 1 unspecified atom stereocenters. The van der Waals surface area contributed by atoms with Gasteiger partial charge in [-0.1, -0.05) is 17.7 Å². The van der Waals surface area contributed by atoms with Crippen LogP contribution in [0.5, 0.6) is 0 Å². The molecule has 2 aromatic rings. The highest BCUT2D eigenvalue weighted by Gasteiger charge is 2.21. The van der Waals surface area contributed by atoms with E-state index in [-0.39, 0.29) is 10.6 Å². The van der Waals surface area contributed by atoms with Crippen molar-refractivity contribution in [3.8, 4) is 0 Å². The number of benzene rings is 2. The highest BCUT2D eigenvalue weighted by molar-refractivity contribution is 8.03. The van der Waals surface area contributed by atoms with Crippen LogP contribution in [-0.2, 0) is 19.8 Å². The second-order valence-electron chi connectivity index (χ2n) is 5.83. The lowest BCUT2D eigenvalue weighted by Crippen LogP contribution is -2.08. The van der Waals surface area contributed by atoms with Crippen LogP contribution >= 0.6 is 0 Å². The van der Waals surface area contributed by atoms with Crippen molar-refractivity contribution in [2.45, 2.75) is 30.6 Å². The van der Waals surface area contributed by atoms with Crippen LogP contribution in [0.4, 0.5) is 5.69 Å². The van der Waals surface area contributed by atoms with Crippen molar-refractivity contribution in [3.63, 3.8) is 0 Å². The number of non-ortho nitro benzene ring substituents is 1. The number of hydrogen-bond acceptors (Lipinski definition) is 5. The van der Waals surface area contributed by atoms with E-state index in [0.29, 0.717) is 16.0 Å². The quantitative estimate of drug-likeness (QED) is 0.595. The number of nitrogens with zero attached hydrogens (tertiary/aromatic N) is 2. The van der Waals surface area contributed by atoms with Crippen LogP contribution in [0.2, 0.25) is 0 Å². The number of rotatable bonds is 4. The van der Waals surface area contributed by atoms with Gasteiger partial charge in [0.25, 0.3) is 15.7 Å². The van der Waals surface area contributed by atoms with Gasteiger partial charge in [-0.3, -0.25) is 10.1 Å². The summed E-state index contributed by atoms with van der Waals surface area (Å²) in [5.41, 5.74) is 2.15. The van der Waals surface area contributed by atoms with Crippen molar-refractivity contribution in [3.05, 3.63) is 63.2 Å². The van der Waals surface area contributed by atoms with E-state index in [1.807, 2.05) is 19.1 Å². The molecule has 7 nitrogen and oxygen atoms in total. The summed E-state index contributed by atoms with van der Waals surface area (Å²) in [6, 6.07) is 7.95. The summed E-state index contributed by atoms with van der Waals surface area (Å²) in [5.74, 6) is 0. The summed E-state index contributed by atoms with van der Waals surface area (Å²) in [6.07, 6.45) is 1.28. The molecule has 134 valence electrons. The topological polar surface area (TPSA) is 107 Å². The van der Waals surface area contributed by atoms with Gasteiger partial charge in [0.2, 0.25) is 0 Å². The lowest BCUT2D eigenvalue weighted by atomic mass is 10.1. The molecule has 0 saturated heterocycles. The molecule has 1 atom stereocenters. The second-order valence-corrected chi connectivity index (χ2v) is 9.86. The molecule has 0 aliphatic heterocycles. The molecule has 2 rings (SSSR count). The lowest BCUT2D eigenvalue weighted by Gasteiger charge is -2.13. The first-order chi connectivity index (χ1) is 11.4. The number of hydrogen-bond donors (Lipinski definition) is 0. The molecule has 0 fully saturated rings. The number of sulfonamides is 1. The van der Waals surface area contributed by atoms with Gasteiger partial charge in [0.15, 0.2) is 0 Å². The zero-order chi connectivity index (χ0) is 19.0. The summed E-state index contributed by atoms with van der Waals surface area (Å²) < 4.78 is 41.6. The lowest BCUT2D eigenvalue weighted by molar-refractivity contribution is -0.384. The van der Waals surface area contributed by atoms with Crippen molar-refractivity contribution < 1.29 is 17.6 Å². The van der Waals surface area contributed by atoms with Gasteiger partial charge in [0.05, 0.1) is 24.4 Å². The molecule has 0 amide bonds. The standard InChI is InChI=1S/C16H18N2O5S2/c1-11-9-12(2)16(13(3)10-11)24(4,21)17-25(22,23)15-7-5-14(6-8-15)18(19)20/h5-10H,1-4H3. The Bertz CT molecular complexity index is 1040. The van der Waals surface area contributed by atoms with Gasteiger partial charge in [-0.25, -0.2) is 4.21 Å². The molecule has 0 aliphatic rings. The van der Waals surface area contributed by atoms with Crippen molar-refractivity contribution in [1.29, 1.82) is 0 Å². The molecular formula is C16H18N2O5S2. The Morgan fingerprint density at radius 2 is 1.44 bits per heavy atom. The van der Waals surface area contributed by atoms with Crippen LogP contribution in [0.3, 0.4) is 0 Å². The van der Waals surface area contributed by atoms with E-state index in [0.717, 1.165) is 29.8 Å². The van der Waals surface area contributed by atoms with Crippen molar-refractivity contribution in [2.24, 2.45) is 3.77 Å². The van der Waals surface area contributed by atoms with Crippen LogP contribution in [0, 0.1) is 30.9 Å². The van der Waals surface area contributed by atoms with E-state index in [2.05, 4.69) is 3.77 Å². The van der Waals surface area contributed by atoms with E-state index in [1.54, 1.807) is 13.8 Å². The molecule has 0 aliphatic carbocycles. The molecule has 0 radical (unpaired) electrons. The molecular weight excluding hydrogens is 364 g/mol. The van der Waals surface area contributed by atoms with Crippen molar-refractivity contribution in [1.82, 2.24) is 0 Å². The number of aryl methyl sites for hydroxylation is 3. The molecule has 0 N–H and O–H groups in total. The summed E-state index contributed by atoms with van der Waals surface area (Å²) in [7, 11) is -7.44. The summed E-state index contributed by atoms with van der Waals surface area (Å²) >= 11 is 0. The zero-order valence-corrected chi connectivity index (χ0v) is 15.8. The van der Waals surface area contributed by atoms with Gasteiger partial charge in [-0.15, -0.1) is 3.77 Å². The minimum absolute atomic E-state index is 0.235. The minimum atomic E-state index is -4.23. The van der Waals surface area contributed by atoms with Gasteiger partial charge in [-0.05, 0) is 44.0 Å². The maximum absolute atomic E-state index is 13.1. The van der Waals surface area contributed by atoms with E-state index >= 15 is 0 Å². The van der Waals surface area contributed by atoms with Crippen LogP contribution in [0.15, 0.2) is 50.0 Å². The fourth-order valence-electron chi connectivity index (χ4n) is 2.77. The fraction of sp³-hybridized carbons (Fsp3) is 0.250. The maximum Gasteiger partial charge on any atom is 0.290 e. The van der Waals surface area contributed by atoms with Crippen LogP contribution < -0.4 is 0 Å². The molecule has 0 spiro atoms. The van der Waals surface area contributed by atoms with Crippen LogP contribution in [-0.4, -0.2) is 23.8 Å². The van der Waals surface area contributed by atoms with Gasteiger partial charge >= 0.3 is 0 Å². The predicted octanol–water partition coefficient (Wildman–Crippen LogP) is 3.37. The SMILES string of the molecule is Cc1cc(C)c(S(C)(=O)=NS(=O)(=O)c2ccc([N+](=O)[O-])cc2)c(C)c1. The van der Waals surface area contributed by atoms with Gasteiger partial charge in [-0.2, -0.15) is 8.42 Å². The Hall–Kier alpha value is -2.26. The summed E-state index contributed by atoms with van der Waals surface area (Å²) in [5, 5.41) is 10.7. The molecule has 25 heavy (non-hydrogen) atoms. The fourth-order valence-corrected chi connectivity index (χ4v) is 6.70. The molecule has 0 saturated carbocycles. The normalized spacial score (nSPS) is 13.9. The highest BCUT2D eigenvalue weighted by atomic mass is 32.3. The zero-order valence-electron chi connectivity index (χ0n) is 14.2. The minimum Gasteiger partial charge on any atom is -0.258 e. The third kappa shape index (κ3) is 4.05. The molecule has 0 heterocycles. The van der Waals surface area contributed by atoms with Gasteiger partial charge in [0, 0.05) is 18.4 Å². The Labute approximate surface area is 147 Å². The van der Waals surface area contributed by atoms with Gasteiger partial charge < -0.3 is 0 Å². The molecule has 0 aromatic heterocycles. The first-order valence-electron chi connectivity index (χ1n) is 7.25. The monoisotopic (exact) mass is 382 g/mol. The number of nitro groups is 1. The van der Waals surface area contributed by atoms with Crippen molar-refractivity contribution >= 4 is 25.4 Å². The Balaban J connectivity index is 2.60. The largest absolute Gasteiger partial charge is 0.290 e. The Morgan fingerprint density at radius 3 is 1.88 bits per heavy atom. The Kier molecular flexibility index (Phi) is 5.01. The first-order valence-corrected chi connectivity index (χ1v) is 10.6. The van der Waals surface area contributed by atoms with E-state index in [9.17, 15) is 22.7 Å². The van der Waals surface area contributed by atoms with E-state index in [4.69, 9.17) is 0 Å². The number of nitro benzene ring substituents is 1. The average Bonchev–Trinajstić information content (AvgIpc) is 2.44. The maximum atomic E-state index is 13.1. The smallest absolute Gasteiger partial charge is 0.258 e. The average molecular weight is 382 g/mol. The predicted molar refractivity (Wildman–Crippen MR) is 95.7 cm³/mol. The van der Waals surface area contributed by atoms with Crippen LogP contribution in [0.25, 0.3) is 0 Å². The Morgan fingerprint density at radius 1 is 0.960 bits per heavy atom. The van der Waals surface area contributed by atoms with Crippen molar-refractivity contribution in [2.75, 3.05) is 6.26 Å². The second kappa shape index (κ2) is 6.57. The summed E-state index contributed by atoms with van der Waals surface area (Å²) in [4.78, 5) is 10.2. The molecule has 0 bridgehead atoms. The first kappa shape index (κ1) is 19.1. The third-order valence-electron chi connectivity index (χ3n) is 3.57. The van der Waals surface area contributed by atoms with E-state index < -0.39 is 24.7 Å². The molecule has 9 heteroatoms.